The van der Waals surface area contributed by atoms with Crippen LogP contribution in [0.15, 0.2) is 188 Å². The molecule has 4 heteroatoms. The first-order chi connectivity index (χ1) is 36.2. The number of nitrogens with zero attached hydrogens (tertiary/aromatic N) is 3. The molecule has 0 N–H and O–H groups in total. The van der Waals surface area contributed by atoms with Crippen LogP contribution in [-0.4, -0.2) is 4.40 Å². The molecule has 0 aliphatic carbocycles. The highest BCUT2D eigenvalue weighted by atomic mass is 32.1. The molecule has 0 saturated heterocycles. The van der Waals surface area contributed by atoms with Crippen LogP contribution in [-0.2, 0) is 21.7 Å². The molecule has 13 aromatic rings. The quantitative estimate of drug-likeness (QED) is 0.164. The molecule has 0 amide bonds. The molecule has 13 rings (SSSR count). The van der Waals surface area contributed by atoms with Gasteiger partial charge in [0.2, 0.25) is 0 Å². The van der Waals surface area contributed by atoms with Gasteiger partial charge in [-0.2, -0.15) is 0 Å². The van der Waals surface area contributed by atoms with Crippen LogP contribution in [0.4, 0.5) is 34.1 Å². The molecule has 0 unspecified atom stereocenters. The third-order valence-electron chi connectivity index (χ3n) is 16.3. The summed E-state index contributed by atoms with van der Waals surface area (Å²) in [5.74, 6) is 0. The number of hydrogen-bond acceptors (Lipinski definition) is 3. The first kappa shape index (κ1) is 48.0. The summed E-state index contributed by atoms with van der Waals surface area (Å²) >= 11 is 1.91. The Bertz CT molecular complexity index is 4280. The average Bonchev–Trinajstić information content (AvgIpc) is 4.26. The Labute approximate surface area is 452 Å². The second-order valence-corrected chi connectivity index (χ2v) is 26.7. The third kappa shape index (κ3) is 7.90. The zero-order chi connectivity index (χ0) is 52.8. The van der Waals surface area contributed by atoms with E-state index in [0.29, 0.717) is 0 Å². The fourth-order valence-corrected chi connectivity index (χ4v) is 13.0. The monoisotopic (exact) mass is 1010 g/mol. The first-order valence-electron chi connectivity index (χ1n) is 27.1. The Hall–Kier alpha value is -7.66. The number of hydrogen-bond donors (Lipinski definition) is 0. The van der Waals surface area contributed by atoms with Crippen molar-refractivity contribution in [2.75, 3.05) is 9.80 Å². The maximum absolute atomic E-state index is 2.58. The molecule has 0 radical (unpaired) electrons. The SMILES string of the molecule is CC(C)(C)c1ccc(N(c2ccc(C(C)(C)C)cc2)c2ccc3cc4c(cc3c2)c2cc3sc5ccccc5c3c3c5cc6cc(N(c7ccc(C(C)(C)C)cc7)c7ccc(C(C)(C)C)cc7)ccc6cc5n4c23)cc1. The fourth-order valence-electron chi connectivity index (χ4n) is 11.9. The number of benzene rings is 10. The Morgan fingerprint density at radius 3 is 1.11 bits per heavy atom. The molecule has 0 atom stereocenters. The Balaban J connectivity index is 1.01. The average molecular weight is 1010 g/mol. The lowest BCUT2D eigenvalue weighted by molar-refractivity contribution is 0.590. The van der Waals surface area contributed by atoms with Crippen molar-refractivity contribution in [1.29, 1.82) is 0 Å². The zero-order valence-electron chi connectivity index (χ0n) is 46.1. The summed E-state index contributed by atoms with van der Waals surface area (Å²) < 4.78 is 5.23. The van der Waals surface area contributed by atoms with Gasteiger partial charge >= 0.3 is 0 Å². The molecule has 10 aromatic carbocycles. The zero-order valence-corrected chi connectivity index (χ0v) is 47.0. The van der Waals surface area contributed by atoms with E-state index in [9.17, 15) is 0 Å². The minimum atomic E-state index is 0.0610. The molecule has 3 heterocycles. The molecule has 3 aromatic heterocycles. The van der Waals surface area contributed by atoms with Crippen LogP contribution in [0, 0.1) is 0 Å². The molecule has 0 aliphatic heterocycles. The van der Waals surface area contributed by atoms with E-state index in [2.05, 4.69) is 285 Å². The summed E-state index contributed by atoms with van der Waals surface area (Å²) in [6.45, 7) is 27.4. The van der Waals surface area contributed by atoms with Gasteiger partial charge < -0.3 is 14.2 Å². The highest BCUT2D eigenvalue weighted by Gasteiger charge is 2.26. The van der Waals surface area contributed by atoms with Crippen molar-refractivity contribution >= 4 is 125 Å². The van der Waals surface area contributed by atoms with E-state index in [1.54, 1.807) is 0 Å². The molecule has 0 spiro atoms. The normalized spacial score (nSPS) is 13.0. The van der Waals surface area contributed by atoms with Crippen molar-refractivity contribution in [3.05, 3.63) is 210 Å². The topological polar surface area (TPSA) is 10.9 Å². The summed E-state index contributed by atoms with van der Waals surface area (Å²) in [5, 5.41) is 12.8. The van der Waals surface area contributed by atoms with Gasteiger partial charge in [0.1, 0.15) is 0 Å². The van der Waals surface area contributed by atoms with Gasteiger partial charge in [-0.05, 0) is 175 Å². The molecule has 0 fully saturated rings. The van der Waals surface area contributed by atoms with Crippen molar-refractivity contribution in [2.45, 2.75) is 105 Å². The molecule has 0 aliphatic rings. The maximum Gasteiger partial charge on any atom is 0.0627 e. The van der Waals surface area contributed by atoms with E-state index in [1.807, 2.05) is 11.3 Å². The Kier molecular flexibility index (Phi) is 10.7. The minimum absolute atomic E-state index is 0.0610. The fraction of sp³-hybridized carbons (Fsp3) is 0.222. The highest BCUT2D eigenvalue weighted by Crippen LogP contribution is 2.50. The van der Waals surface area contributed by atoms with Gasteiger partial charge in [0, 0.05) is 75.8 Å². The van der Waals surface area contributed by atoms with E-state index in [-0.39, 0.29) is 21.7 Å². The van der Waals surface area contributed by atoms with E-state index in [0.717, 1.165) is 34.1 Å². The van der Waals surface area contributed by atoms with Crippen molar-refractivity contribution in [3.63, 3.8) is 0 Å². The molecule has 376 valence electrons. The second kappa shape index (κ2) is 16.9. The predicted molar refractivity (Wildman–Crippen MR) is 333 cm³/mol. The molecular weight excluding hydrogens is 939 g/mol. The smallest absolute Gasteiger partial charge is 0.0627 e. The number of anilines is 6. The van der Waals surface area contributed by atoms with Gasteiger partial charge in [-0.25, -0.2) is 0 Å². The van der Waals surface area contributed by atoms with Gasteiger partial charge in [0.15, 0.2) is 0 Å². The lowest BCUT2D eigenvalue weighted by atomic mass is 9.86. The summed E-state index contributed by atoms with van der Waals surface area (Å²) in [7, 11) is 0. The first-order valence-corrected chi connectivity index (χ1v) is 28.0. The minimum Gasteiger partial charge on any atom is -0.310 e. The standard InChI is InChI=1S/C72H67N3S/c1-69(2,3)48-19-29-52(30-20-48)73(53-31-21-49(22-32-53)70(4,5)6)56-27-17-44-41-62-59(39-46(44)37-56)60-43-65-66(58-15-13-14-16-64(58)76-65)67-61-40-47-38-57(28-18-45(47)42-63(61)75(62)68(60)67)74(54-33-23-50(24-34-54)71(7,8)9)55-35-25-51(26-36-55)72(10,11)12/h13-43H,1-12H3. The highest BCUT2D eigenvalue weighted by molar-refractivity contribution is 7.26. The molecular formula is C72H67N3S. The van der Waals surface area contributed by atoms with Crippen LogP contribution in [0.25, 0.3) is 79.8 Å². The Morgan fingerprint density at radius 2 is 0.684 bits per heavy atom. The summed E-state index contributed by atoms with van der Waals surface area (Å²) in [4.78, 5) is 4.85. The lowest BCUT2D eigenvalue weighted by Gasteiger charge is -2.28. The van der Waals surface area contributed by atoms with Crippen LogP contribution in [0.5, 0.6) is 0 Å². The van der Waals surface area contributed by atoms with E-state index in [4.69, 9.17) is 0 Å². The van der Waals surface area contributed by atoms with Crippen molar-refractivity contribution in [2.24, 2.45) is 0 Å². The number of aromatic nitrogens is 1. The summed E-state index contributed by atoms with van der Waals surface area (Å²) in [6, 6.07) is 72.1. The summed E-state index contributed by atoms with van der Waals surface area (Å²) in [6.07, 6.45) is 0. The van der Waals surface area contributed by atoms with Gasteiger partial charge in [0.25, 0.3) is 0 Å². The van der Waals surface area contributed by atoms with Crippen LogP contribution in [0.2, 0.25) is 0 Å². The molecule has 76 heavy (non-hydrogen) atoms. The van der Waals surface area contributed by atoms with Gasteiger partial charge in [-0.15, -0.1) is 11.3 Å². The molecule has 3 nitrogen and oxygen atoms in total. The van der Waals surface area contributed by atoms with Crippen molar-refractivity contribution in [3.8, 4) is 0 Å². The maximum atomic E-state index is 2.58. The second-order valence-electron chi connectivity index (χ2n) is 25.6. The molecule has 0 saturated carbocycles. The van der Waals surface area contributed by atoms with Gasteiger partial charge in [-0.3, -0.25) is 0 Å². The van der Waals surface area contributed by atoms with E-state index in [1.165, 1.54) is 102 Å². The predicted octanol–water partition coefficient (Wildman–Crippen LogP) is 21.6. The van der Waals surface area contributed by atoms with E-state index < -0.39 is 0 Å². The summed E-state index contributed by atoms with van der Waals surface area (Å²) in [5.41, 5.74) is 16.2. The largest absolute Gasteiger partial charge is 0.310 e. The van der Waals surface area contributed by atoms with E-state index >= 15 is 0 Å². The third-order valence-corrected chi connectivity index (χ3v) is 17.4. The van der Waals surface area contributed by atoms with Crippen LogP contribution in [0.1, 0.15) is 105 Å². The van der Waals surface area contributed by atoms with Gasteiger partial charge in [-0.1, -0.05) is 162 Å². The van der Waals surface area contributed by atoms with Crippen LogP contribution < -0.4 is 9.80 Å². The molecule has 0 bridgehead atoms. The van der Waals surface area contributed by atoms with Crippen LogP contribution >= 0.6 is 11.3 Å². The van der Waals surface area contributed by atoms with Crippen molar-refractivity contribution in [1.82, 2.24) is 4.40 Å². The van der Waals surface area contributed by atoms with Gasteiger partial charge in [0.05, 0.1) is 16.6 Å². The lowest BCUT2D eigenvalue weighted by Crippen LogP contribution is -2.14. The van der Waals surface area contributed by atoms with Crippen LogP contribution in [0.3, 0.4) is 0 Å². The Morgan fingerprint density at radius 1 is 0.303 bits per heavy atom. The number of thiophene rings is 1. The number of rotatable bonds is 6. The van der Waals surface area contributed by atoms with Crippen molar-refractivity contribution < 1.29 is 0 Å². The number of fused-ring (bicyclic) bond motifs is 12.